The highest BCUT2D eigenvalue weighted by atomic mass is 16.6. The zero-order valence-electron chi connectivity index (χ0n) is 21.2. The van der Waals surface area contributed by atoms with Gasteiger partial charge in [-0.25, -0.2) is 15.0 Å². The fourth-order valence-corrected chi connectivity index (χ4v) is 4.07. The summed E-state index contributed by atoms with van der Waals surface area (Å²) in [5, 5.41) is 20.9. The molecule has 0 aliphatic rings. The van der Waals surface area contributed by atoms with Gasteiger partial charge in [-0.1, -0.05) is 47.5 Å². The van der Waals surface area contributed by atoms with E-state index in [-0.39, 0.29) is 5.75 Å². The van der Waals surface area contributed by atoms with Crippen molar-refractivity contribution in [3.63, 3.8) is 0 Å². The Kier molecular flexibility index (Phi) is 7.62. The lowest BCUT2D eigenvalue weighted by Crippen LogP contribution is -2.17. The molecule has 0 aliphatic carbocycles. The summed E-state index contributed by atoms with van der Waals surface area (Å²) in [6, 6.07) is 17.1. The quantitative estimate of drug-likeness (QED) is 0.316. The van der Waals surface area contributed by atoms with E-state index in [1.807, 2.05) is 52.0 Å². The molecule has 4 aromatic rings. The van der Waals surface area contributed by atoms with Gasteiger partial charge in [0.2, 0.25) is 0 Å². The topological polar surface area (TPSA) is 97.6 Å². The third-order valence-electron chi connectivity index (χ3n) is 5.93. The van der Waals surface area contributed by atoms with Gasteiger partial charge in [0.25, 0.3) is 0 Å². The number of aromatic hydroxyl groups is 1. The molecule has 0 amide bonds. The van der Waals surface area contributed by atoms with E-state index in [4.69, 9.17) is 24.4 Å². The summed E-state index contributed by atoms with van der Waals surface area (Å²) in [6.45, 7) is 8.51. The van der Waals surface area contributed by atoms with Gasteiger partial charge in [-0.05, 0) is 51.0 Å². The van der Waals surface area contributed by atoms with E-state index >= 15 is 0 Å². The van der Waals surface area contributed by atoms with Gasteiger partial charge in [-0.15, -0.1) is 0 Å². The Bertz CT molecular complexity index is 1320. The molecule has 0 aliphatic heterocycles. The van der Waals surface area contributed by atoms with Crippen molar-refractivity contribution >= 4 is 0 Å². The minimum absolute atomic E-state index is 0.0594. The maximum atomic E-state index is 10.9. The minimum Gasteiger partial charge on any atom is -0.507 e. The maximum absolute atomic E-state index is 10.9. The van der Waals surface area contributed by atoms with Crippen LogP contribution in [0.5, 0.6) is 11.5 Å². The molecule has 7 nitrogen and oxygen atoms in total. The molecule has 0 bridgehead atoms. The van der Waals surface area contributed by atoms with Crippen molar-refractivity contribution in [3.8, 4) is 45.7 Å². The van der Waals surface area contributed by atoms with Crippen LogP contribution in [0.3, 0.4) is 0 Å². The number of hydrogen-bond acceptors (Lipinski definition) is 7. The Labute approximate surface area is 211 Å². The van der Waals surface area contributed by atoms with Crippen LogP contribution in [0.15, 0.2) is 54.6 Å². The Morgan fingerprint density at radius 1 is 0.722 bits per heavy atom. The molecule has 1 atom stereocenters. The number of benzene rings is 3. The van der Waals surface area contributed by atoms with Crippen LogP contribution in [-0.4, -0.2) is 45.2 Å². The first kappa shape index (κ1) is 25.3. The zero-order valence-corrected chi connectivity index (χ0v) is 21.2. The number of methoxy groups -OCH3 is 1. The second-order valence-electron chi connectivity index (χ2n) is 8.98. The van der Waals surface area contributed by atoms with Crippen LogP contribution >= 0.6 is 0 Å². The van der Waals surface area contributed by atoms with Gasteiger partial charge in [0.05, 0.1) is 12.2 Å². The molecule has 7 heteroatoms. The Balaban J connectivity index is 1.81. The van der Waals surface area contributed by atoms with E-state index in [9.17, 15) is 10.2 Å². The molecular formula is C29H31N3O4. The maximum Gasteiger partial charge on any atom is 0.199 e. The molecule has 0 radical (unpaired) electrons. The summed E-state index contributed by atoms with van der Waals surface area (Å²) in [5.41, 5.74) is 6.65. The molecule has 0 fully saturated rings. The Morgan fingerprint density at radius 3 is 1.69 bits per heavy atom. The molecule has 0 spiro atoms. The number of rotatable bonds is 8. The monoisotopic (exact) mass is 485 g/mol. The largest absolute Gasteiger partial charge is 0.507 e. The summed E-state index contributed by atoms with van der Waals surface area (Å²) in [4.78, 5) is 14.3. The lowest BCUT2D eigenvalue weighted by atomic mass is 10.0. The molecule has 1 heterocycles. The number of nitrogens with zero attached hydrogens (tertiary/aromatic N) is 3. The van der Waals surface area contributed by atoms with Crippen molar-refractivity contribution < 1.29 is 19.7 Å². The van der Waals surface area contributed by atoms with E-state index in [1.165, 1.54) is 6.07 Å². The first-order valence-electron chi connectivity index (χ1n) is 11.8. The summed E-state index contributed by atoms with van der Waals surface area (Å²) in [6.07, 6.45) is -0.732. The van der Waals surface area contributed by atoms with Gasteiger partial charge in [-0.2, -0.15) is 0 Å². The van der Waals surface area contributed by atoms with Gasteiger partial charge < -0.3 is 19.7 Å². The third kappa shape index (κ3) is 5.70. The molecule has 2 N–H and O–H groups in total. The predicted molar refractivity (Wildman–Crippen MR) is 140 cm³/mol. The molecule has 0 saturated carbocycles. The number of ether oxygens (including phenoxy) is 2. The average Bonchev–Trinajstić information content (AvgIpc) is 2.82. The van der Waals surface area contributed by atoms with Gasteiger partial charge >= 0.3 is 0 Å². The highest BCUT2D eigenvalue weighted by molar-refractivity contribution is 5.72. The standard InChI is InChI=1S/C29H31N3O4/c1-17-6-9-22(19(3)14-17)27-30-28(23-10-7-18(2)15-20(23)4)32-29(31-27)24-11-8-21(16-25(24)33)36-26(34)12-13-35-5/h6-11,14-16,26,33-34H,12-13H2,1-5H3. The van der Waals surface area contributed by atoms with Crippen molar-refractivity contribution in [2.24, 2.45) is 0 Å². The Morgan fingerprint density at radius 2 is 1.22 bits per heavy atom. The minimum atomic E-state index is -1.04. The van der Waals surface area contributed by atoms with E-state index < -0.39 is 6.29 Å². The number of aliphatic hydroxyl groups excluding tert-OH is 1. The van der Waals surface area contributed by atoms with Gasteiger partial charge in [0.15, 0.2) is 23.8 Å². The number of aliphatic hydroxyl groups is 1. The molecule has 0 saturated heterocycles. The third-order valence-corrected chi connectivity index (χ3v) is 5.93. The molecule has 3 aromatic carbocycles. The van der Waals surface area contributed by atoms with Gasteiger partial charge in [0.1, 0.15) is 11.5 Å². The van der Waals surface area contributed by atoms with Crippen molar-refractivity contribution in [2.75, 3.05) is 13.7 Å². The lowest BCUT2D eigenvalue weighted by Gasteiger charge is -2.15. The second-order valence-corrected chi connectivity index (χ2v) is 8.98. The lowest BCUT2D eigenvalue weighted by molar-refractivity contribution is -0.0369. The predicted octanol–water partition coefficient (Wildman–Crippen LogP) is 5.55. The van der Waals surface area contributed by atoms with Crippen LogP contribution in [0, 0.1) is 27.7 Å². The summed E-state index contributed by atoms with van der Waals surface area (Å²) >= 11 is 0. The fraction of sp³-hybridized carbons (Fsp3) is 0.276. The molecule has 186 valence electrons. The van der Waals surface area contributed by atoms with Crippen LogP contribution < -0.4 is 4.74 Å². The van der Waals surface area contributed by atoms with E-state index in [2.05, 4.69) is 12.1 Å². The summed E-state index contributed by atoms with van der Waals surface area (Å²) in [7, 11) is 1.56. The number of aryl methyl sites for hydroxylation is 4. The van der Waals surface area contributed by atoms with Gasteiger partial charge in [-0.3, -0.25) is 0 Å². The zero-order chi connectivity index (χ0) is 25.8. The summed E-state index contributed by atoms with van der Waals surface area (Å²) in [5.74, 6) is 1.68. The van der Waals surface area contributed by atoms with Gasteiger partial charge in [0, 0.05) is 30.7 Å². The molecular weight excluding hydrogens is 454 g/mol. The van der Waals surface area contributed by atoms with Crippen LogP contribution in [0.1, 0.15) is 28.7 Å². The SMILES string of the molecule is COCCC(O)Oc1ccc(-c2nc(-c3ccc(C)cc3C)nc(-c3ccc(C)cc3C)n2)c(O)c1. The first-order chi connectivity index (χ1) is 17.2. The van der Waals surface area contributed by atoms with Crippen LogP contribution in [0.4, 0.5) is 0 Å². The summed E-state index contributed by atoms with van der Waals surface area (Å²) < 4.78 is 10.5. The number of hydrogen-bond donors (Lipinski definition) is 2. The van der Waals surface area contributed by atoms with E-state index in [1.54, 1.807) is 19.2 Å². The number of phenolic OH excluding ortho intramolecular Hbond substituents is 1. The fourth-order valence-electron chi connectivity index (χ4n) is 4.07. The molecule has 1 unspecified atom stereocenters. The number of phenols is 1. The highest BCUT2D eigenvalue weighted by Gasteiger charge is 2.18. The second kappa shape index (κ2) is 10.8. The average molecular weight is 486 g/mol. The van der Waals surface area contributed by atoms with Crippen molar-refractivity contribution in [2.45, 2.75) is 40.4 Å². The highest BCUT2D eigenvalue weighted by Crippen LogP contribution is 2.34. The first-order valence-corrected chi connectivity index (χ1v) is 11.8. The van der Waals surface area contributed by atoms with Crippen molar-refractivity contribution in [1.82, 2.24) is 15.0 Å². The molecule has 4 rings (SSSR count). The van der Waals surface area contributed by atoms with Crippen LogP contribution in [-0.2, 0) is 4.74 Å². The Hall–Kier alpha value is -3.81. The number of aromatic nitrogens is 3. The normalized spacial score (nSPS) is 11.9. The van der Waals surface area contributed by atoms with Crippen molar-refractivity contribution in [3.05, 3.63) is 76.9 Å². The molecule has 1 aromatic heterocycles. The van der Waals surface area contributed by atoms with Crippen LogP contribution in [0.2, 0.25) is 0 Å². The smallest absolute Gasteiger partial charge is 0.199 e. The van der Waals surface area contributed by atoms with Crippen molar-refractivity contribution in [1.29, 1.82) is 0 Å². The van der Waals surface area contributed by atoms with Crippen LogP contribution in [0.25, 0.3) is 34.2 Å². The van der Waals surface area contributed by atoms with E-state index in [0.29, 0.717) is 41.8 Å². The molecule has 36 heavy (non-hydrogen) atoms. The van der Waals surface area contributed by atoms with E-state index in [0.717, 1.165) is 33.4 Å².